The molecule has 1 rings (SSSR count). The van der Waals surface area contributed by atoms with Crippen LogP contribution in [0.25, 0.3) is 0 Å². The Morgan fingerprint density at radius 3 is 2.16 bits per heavy atom. The van der Waals surface area contributed by atoms with E-state index in [4.69, 9.17) is 14.6 Å². The number of ether oxygens (including phenoxy) is 2. The quantitative estimate of drug-likeness (QED) is 0.651. The summed E-state index contributed by atoms with van der Waals surface area (Å²) in [6, 6.07) is 3.81. The molecule has 0 aromatic carbocycles. The molecule has 1 heterocycles. The molecule has 0 atom stereocenters. The topological polar surface area (TPSA) is 54.8 Å². The van der Waals surface area contributed by atoms with E-state index in [-0.39, 0.29) is 6.61 Å². The summed E-state index contributed by atoms with van der Waals surface area (Å²) >= 11 is 0. The molecule has 108 valence electrons. The summed E-state index contributed by atoms with van der Waals surface area (Å²) in [4.78, 5) is 6.49. The second-order valence-corrected chi connectivity index (χ2v) is 4.06. The van der Waals surface area contributed by atoms with Gasteiger partial charge in [0.25, 0.3) is 0 Å². The lowest BCUT2D eigenvalue weighted by atomic mass is 10.3. The molecule has 1 aromatic heterocycles. The average molecular weight is 268 g/mol. The van der Waals surface area contributed by atoms with E-state index in [1.54, 1.807) is 6.20 Å². The van der Waals surface area contributed by atoms with Crippen LogP contribution in [0.15, 0.2) is 18.3 Å². The summed E-state index contributed by atoms with van der Waals surface area (Å²) in [5.41, 5.74) is 0.818. The molecule has 0 saturated heterocycles. The van der Waals surface area contributed by atoms with E-state index in [9.17, 15) is 0 Å². The van der Waals surface area contributed by atoms with E-state index in [1.807, 2.05) is 26.0 Å². The first kappa shape index (κ1) is 15.9. The van der Waals surface area contributed by atoms with Crippen LogP contribution in [0.3, 0.4) is 0 Å². The van der Waals surface area contributed by atoms with E-state index in [1.165, 1.54) is 0 Å². The number of hydrogen-bond acceptors (Lipinski definition) is 5. The molecule has 0 amide bonds. The van der Waals surface area contributed by atoms with Crippen molar-refractivity contribution in [3.05, 3.63) is 23.9 Å². The van der Waals surface area contributed by atoms with Gasteiger partial charge in [-0.2, -0.15) is 0 Å². The van der Waals surface area contributed by atoms with Gasteiger partial charge in [0.05, 0.1) is 19.8 Å². The van der Waals surface area contributed by atoms with Gasteiger partial charge in [0.2, 0.25) is 0 Å². The smallest absolute Gasteiger partial charge is 0.128 e. The lowest BCUT2D eigenvalue weighted by molar-refractivity contribution is 0.141. The van der Waals surface area contributed by atoms with Crippen molar-refractivity contribution in [1.29, 1.82) is 0 Å². The monoisotopic (exact) mass is 268 g/mol. The Morgan fingerprint density at radius 2 is 1.74 bits per heavy atom. The first-order chi connectivity index (χ1) is 9.31. The summed E-state index contributed by atoms with van der Waals surface area (Å²) in [6.07, 6.45) is 1.70. The molecular formula is C14H24N2O3. The van der Waals surface area contributed by atoms with E-state index in [0.29, 0.717) is 13.2 Å². The van der Waals surface area contributed by atoms with Gasteiger partial charge in [-0.05, 0) is 25.5 Å². The molecule has 0 aliphatic heterocycles. The van der Waals surface area contributed by atoms with E-state index < -0.39 is 0 Å². The second-order valence-electron chi connectivity index (χ2n) is 4.06. The summed E-state index contributed by atoms with van der Waals surface area (Å²) in [7, 11) is 0. The Balaban J connectivity index is 2.58. The van der Waals surface area contributed by atoms with Crippen LogP contribution in [0, 0.1) is 0 Å². The third-order valence-electron chi connectivity index (χ3n) is 2.74. The van der Waals surface area contributed by atoms with Gasteiger partial charge in [0.15, 0.2) is 0 Å². The fraction of sp³-hybridized carbons (Fsp3) is 0.643. The molecule has 5 heteroatoms. The Morgan fingerprint density at radius 1 is 1.11 bits per heavy atom. The van der Waals surface area contributed by atoms with Crippen LogP contribution in [0.4, 0.5) is 5.82 Å². The van der Waals surface area contributed by atoms with Crippen LogP contribution in [0.2, 0.25) is 0 Å². The maximum absolute atomic E-state index is 9.02. The molecule has 1 N–H and O–H groups in total. The highest BCUT2D eigenvalue weighted by molar-refractivity contribution is 5.39. The minimum atomic E-state index is 0.0190. The van der Waals surface area contributed by atoms with Crippen molar-refractivity contribution in [2.24, 2.45) is 0 Å². The van der Waals surface area contributed by atoms with Gasteiger partial charge >= 0.3 is 0 Å². The molecule has 0 aliphatic carbocycles. The maximum atomic E-state index is 9.02. The molecular weight excluding hydrogens is 244 g/mol. The van der Waals surface area contributed by atoms with E-state index in [2.05, 4.69) is 9.88 Å². The first-order valence-electron chi connectivity index (χ1n) is 6.78. The van der Waals surface area contributed by atoms with Crippen molar-refractivity contribution in [2.75, 3.05) is 44.4 Å². The van der Waals surface area contributed by atoms with E-state index >= 15 is 0 Å². The predicted molar refractivity (Wildman–Crippen MR) is 75.4 cm³/mol. The summed E-state index contributed by atoms with van der Waals surface area (Å²) in [5, 5.41) is 9.02. The highest BCUT2D eigenvalue weighted by atomic mass is 16.5. The van der Waals surface area contributed by atoms with Gasteiger partial charge in [-0.15, -0.1) is 0 Å². The Bertz CT molecular complexity index is 320. The number of anilines is 1. The first-order valence-corrected chi connectivity index (χ1v) is 6.78. The van der Waals surface area contributed by atoms with Crippen LogP contribution in [-0.2, 0) is 16.1 Å². The van der Waals surface area contributed by atoms with Crippen molar-refractivity contribution >= 4 is 5.82 Å². The molecule has 0 unspecified atom stereocenters. The van der Waals surface area contributed by atoms with Gasteiger partial charge in [-0.25, -0.2) is 4.98 Å². The molecule has 0 bridgehead atoms. The number of aliphatic hydroxyl groups is 1. The molecule has 0 spiro atoms. The zero-order valence-electron chi connectivity index (χ0n) is 11.8. The molecule has 5 nitrogen and oxygen atoms in total. The predicted octanol–water partition coefficient (Wildman–Crippen LogP) is 1.45. The van der Waals surface area contributed by atoms with Crippen molar-refractivity contribution in [3.8, 4) is 0 Å². The fourth-order valence-electron chi connectivity index (χ4n) is 1.68. The molecule has 0 fully saturated rings. The minimum Gasteiger partial charge on any atom is -0.392 e. The van der Waals surface area contributed by atoms with Gasteiger partial charge in [-0.3, -0.25) is 0 Å². The van der Waals surface area contributed by atoms with Crippen molar-refractivity contribution < 1.29 is 14.6 Å². The largest absolute Gasteiger partial charge is 0.392 e. The summed E-state index contributed by atoms with van der Waals surface area (Å²) < 4.78 is 10.8. The molecule has 0 radical (unpaired) electrons. The Hall–Kier alpha value is -1.17. The van der Waals surface area contributed by atoms with Crippen LogP contribution in [0.5, 0.6) is 0 Å². The maximum Gasteiger partial charge on any atom is 0.128 e. The zero-order chi connectivity index (χ0) is 13.9. The number of aliphatic hydroxyl groups excluding tert-OH is 1. The van der Waals surface area contributed by atoms with Gasteiger partial charge in [-0.1, -0.05) is 6.07 Å². The Kier molecular flexibility index (Phi) is 8.13. The zero-order valence-corrected chi connectivity index (χ0v) is 11.8. The number of hydrogen-bond donors (Lipinski definition) is 1. The molecule has 0 aliphatic rings. The summed E-state index contributed by atoms with van der Waals surface area (Å²) in [6.45, 7) is 8.34. The van der Waals surface area contributed by atoms with Gasteiger partial charge in [0.1, 0.15) is 5.82 Å². The number of nitrogens with zero attached hydrogens (tertiary/aromatic N) is 2. The average Bonchev–Trinajstić information content (AvgIpc) is 2.46. The van der Waals surface area contributed by atoms with Crippen molar-refractivity contribution in [3.63, 3.8) is 0 Å². The molecule has 0 saturated carbocycles. The highest BCUT2D eigenvalue weighted by Crippen LogP contribution is 2.11. The van der Waals surface area contributed by atoms with Crippen LogP contribution >= 0.6 is 0 Å². The number of pyridine rings is 1. The third kappa shape index (κ3) is 6.00. The highest BCUT2D eigenvalue weighted by Gasteiger charge is 2.07. The van der Waals surface area contributed by atoms with E-state index in [0.717, 1.165) is 37.7 Å². The van der Waals surface area contributed by atoms with Gasteiger partial charge in [0, 0.05) is 32.5 Å². The summed E-state index contributed by atoms with van der Waals surface area (Å²) in [5.74, 6) is 0.886. The van der Waals surface area contributed by atoms with Crippen LogP contribution in [-0.4, -0.2) is 49.6 Å². The minimum absolute atomic E-state index is 0.0190. The second kappa shape index (κ2) is 9.72. The van der Waals surface area contributed by atoms with Crippen molar-refractivity contribution in [2.45, 2.75) is 20.5 Å². The third-order valence-corrected chi connectivity index (χ3v) is 2.74. The van der Waals surface area contributed by atoms with Crippen molar-refractivity contribution in [1.82, 2.24) is 4.98 Å². The Labute approximate surface area is 115 Å². The van der Waals surface area contributed by atoms with Gasteiger partial charge < -0.3 is 19.5 Å². The number of aromatic nitrogens is 1. The lowest BCUT2D eigenvalue weighted by Crippen LogP contribution is -2.31. The normalized spacial score (nSPS) is 10.7. The van der Waals surface area contributed by atoms with Crippen LogP contribution in [0.1, 0.15) is 19.4 Å². The molecule has 19 heavy (non-hydrogen) atoms. The standard InChI is InChI=1S/C14H24N2O3/c1-3-18-9-7-16(8-10-19-4-2)14-6-5-13(12-17)11-15-14/h5-6,11,17H,3-4,7-10,12H2,1-2H3. The SMILES string of the molecule is CCOCCN(CCOCC)c1ccc(CO)cn1. The fourth-order valence-corrected chi connectivity index (χ4v) is 1.68. The van der Waals surface area contributed by atoms with Crippen LogP contribution < -0.4 is 4.90 Å². The lowest BCUT2D eigenvalue weighted by Gasteiger charge is -2.23. The molecule has 1 aromatic rings. The number of rotatable bonds is 10.